The zero-order chi connectivity index (χ0) is 56.9. The molecule has 11 rings (SSSR count). The molecule has 4 fully saturated rings. The molecule has 422 valence electrons. The molecule has 24 heteroatoms. The number of piperazine rings is 2. The smallest absolute Gasteiger partial charge is 0.341 e. The van der Waals surface area contributed by atoms with Gasteiger partial charge in [0, 0.05) is 102 Å². The number of halogens is 4. The van der Waals surface area contributed by atoms with Gasteiger partial charge in [0.05, 0.1) is 45.9 Å². The first kappa shape index (κ1) is 56.0. The van der Waals surface area contributed by atoms with E-state index in [2.05, 4.69) is 15.5 Å². The predicted molar refractivity (Wildman–Crippen MR) is 290 cm³/mol. The molecular weight excluding hydrogens is 1040 g/mol. The summed E-state index contributed by atoms with van der Waals surface area (Å²) in [6, 6.07) is 3.53. The highest BCUT2D eigenvalue weighted by atomic mass is 19.1. The van der Waals surface area contributed by atoms with Gasteiger partial charge >= 0.3 is 17.9 Å². The molecule has 3 aromatic carbocycles. The van der Waals surface area contributed by atoms with Crippen molar-refractivity contribution in [2.75, 3.05) is 101 Å². The fraction of sp³-hybridized carbons (Fsp3) is 0.455. The molecule has 0 radical (unpaired) electrons. The number of ether oxygens (including phenoxy) is 2. The first-order valence-corrected chi connectivity index (χ1v) is 26.3. The molecular formula is C55H63F4N9O11. The number of fused-ring (bicyclic) bond motifs is 2. The largest absolute Gasteiger partial charge is 0.492 e. The Kier molecular flexibility index (Phi) is 16.0. The van der Waals surface area contributed by atoms with Gasteiger partial charge in [0.1, 0.15) is 46.2 Å². The van der Waals surface area contributed by atoms with Crippen LogP contribution >= 0.6 is 0 Å². The summed E-state index contributed by atoms with van der Waals surface area (Å²) in [7, 11) is 5.37. The maximum atomic E-state index is 15.2. The van der Waals surface area contributed by atoms with Crippen molar-refractivity contribution in [2.24, 2.45) is 0 Å². The first-order valence-electron chi connectivity index (χ1n) is 26.3. The average Bonchev–Trinajstić information content (AvgIpc) is 4.43. The molecule has 4 aliphatic heterocycles. The maximum absolute atomic E-state index is 15.2. The predicted octanol–water partition coefficient (Wildman–Crippen LogP) is 5.71. The Morgan fingerprint density at radius 1 is 0.696 bits per heavy atom. The highest BCUT2D eigenvalue weighted by Gasteiger charge is 2.35. The van der Waals surface area contributed by atoms with E-state index in [4.69, 9.17) is 14.6 Å². The van der Waals surface area contributed by atoms with Crippen LogP contribution in [0.1, 0.15) is 89.6 Å². The molecule has 7 heterocycles. The molecule has 20 nitrogen and oxygen atoms in total. The summed E-state index contributed by atoms with van der Waals surface area (Å²) >= 11 is 0. The summed E-state index contributed by atoms with van der Waals surface area (Å²) in [6.45, 7) is 11.7. The number of carbonyl (C=O) groups is 3. The average molecular weight is 1100 g/mol. The van der Waals surface area contributed by atoms with Crippen LogP contribution < -0.4 is 51.1 Å². The van der Waals surface area contributed by atoms with Crippen molar-refractivity contribution in [1.82, 2.24) is 29.2 Å². The monoisotopic (exact) mass is 1100 g/mol. The lowest BCUT2D eigenvalue weighted by Gasteiger charge is -2.37. The number of aromatic carboxylic acids is 3. The molecule has 3 saturated heterocycles. The van der Waals surface area contributed by atoms with E-state index in [9.17, 15) is 47.8 Å². The van der Waals surface area contributed by atoms with Crippen molar-refractivity contribution in [3.05, 3.63) is 107 Å². The lowest BCUT2D eigenvalue weighted by Crippen LogP contribution is -2.49. The fourth-order valence-corrected chi connectivity index (χ4v) is 11.1. The minimum absolute atomic E-state index is 0.0434. The number of likely N-dealkylation sites (N-methyl/N-ethyl adjacent to an activating group) is 2. The third-order valence-electron chi connectivity index (χ3n) is 15.4. The van der Waals surface area contributed by atoms with Crippen molar-refractivity contribution in [3.8, 4) is 11.5 Å². The van der Waals surface area contributed by atoms with Crippen LogP contribution in [-0.2, 0) is 6.54 Å². The molecule has 5 aliphatic rings. The van der Waals surface area contributed by atoms with Crippen molar-refractivity contribution >= 4 is 67.7 Å². The van der Waals surface area contributed by atoms with Crippen LogP contribution in [0.4, 0.5) is 34.6 Å². The van der Waals surface area contributed by atoms with E-state index in [1.54, 1.807) is 21.0 Å². The summed E-state index contributed by atoms with van der Waals surface area (Å²) in [4.78, 5) is 79.5. The normalized spacial score (nSPS) is 19.4. The number of carboxylic acids is 3. The zero-order valence-corrected chi connectivity index (χ0v) is 44.6. The summed E-state index contributed by atoms with van der Waals surface area (Å²) < 4.78 is 76.3. The van der Waals surface area contributed by atoms with Crippen LogP contribution in [0.25, 0.3) is 32.7 Å². The molecule has 5 N–H and O–H groups in total. The second kappa shape index (κ2) is 22.6. The number of rotatable bonds is 10. The van der Waals surface area contributed by atoms with Crippen LogP contribution in [0.3, 0.4) is 0 Å². The van der Waals surface area contributed by atoms with Gasteiger partial charge in [0.25, 0.3) is 0 Å². The summed E-state index contributed by atoms with van der Waals surface area (Å²) in [5.74, 6) is -6.23. The third kappa shape index (κ3) is 10.6. The molecule has 3 aromatic heterocycles. The topological polar surface area (TPSA) is 233 Å². The van der Waals surface area contributed by atoms with Crippen LogP contribution in [0, 0.1) is 23.3 Å². The molecule has 6 aromatic rings. The number of anilines is 3. The summed E-state index contributed by atoms with van der Waals surface area (Å²) in [5.41, 5.74) is -2.07. The SMILES string of the molecule is CC1COc2c(N3CCN(C)CC3)c(F)cc3c(=O)c(C(=O)O)cn1c23.CCn1cc(C(=O)O)c(=O)c2cc(F)c(N3CCNC(C)C3)c(F)c21.CNC1CCCN(c2c(F)cc3c(=O)c(C(=O)O)cn(C4CC4)c3c2OC)C1. The number of hydrogen-bond donors (Lipinski definition) is 5. The Hall–Kier alpha value is -7.70. The molecule has 79 heavy (non-hydrogen) atoms. The molecule has 0 bridgehead atoms. The summed E-state index contributed by atoms with van der Waals surface area (Å²) in [5, 5.41) is 34.2. The number of carboxylic acid groups (broad SMARTS) is 3. The van der Waals surface area contributed by atoms with E-state index in [1.165, 1.54) is 30.1 Å². The second-order valence-corrected chi connectivity index (χ2v) is 20.7. The standard InChI is InChI=1S/C20H24FN3O4.C18H20FN3O4.C17H19F2N3O3/c1-22-11-4-3-7-23(9-11)17-15(21)8-13-16(19(17)28-2)24(12-5-6-12)10-14(18(13)25)20(26)27;1-10-9-26-17-14-11(16(23)12(18(24)25)8-22(10)14)7-13(19)15(17)21-5-3-20(2)4-6-21;1-3-21-8-11(17(24)25)16(23)10-6-12(18)15(13(19)14(10)21)22-5-4-20-9(2)7-22/h8,10-12,22H,3-7,9H2,1-2H3,(H,26,27);7-8,10H,3-6,9H2,1-2H3,(H,24,25);6,8-9,20H,3-5,7H2,1-2H3,(H,24,25). The van der Waals surface area contributed by atoms with Crippen molar-refractivity contribution in [1.29, 1.82) is 0 Å². The van der Waals surface area contributed by atoms with Crippen molar-refractivity contribution in [2.45, 2.75) is 77.2 Å². The van der Waals surface area contributed by atoms with Crippen molar-refractivity contribution in [3.63, 3.8) is 0 Å². The number of pyridine rings is 3. The molecule has 1 saturated carbocycles. The number of benzene rings is 3. The van der Waals surface area contributed by atoms with E-state index < -0.39 is 63.0 Å². The number of methoxy groups -OCH3 is 1. The van der Waals surface area contributed by atoms with E-state index >= 15 is 8.78 Å². The Bertz CT molecular complexity index is 3610. The van der Waals surface area contributed by atoms with Crippen LogP contribution in [0.15, 0.2) is 51.2 Å². The Labute approximate surface area is 449 Å². The van der Waals surface area contributed by atoms with E-state index in [0.717, 1.165) is 57.1 Å². The van der Waals surface area contributed by atoms with E-state index in [1.807, 2.05) is 37.7 Å². The van der Waals surface area contributed by atoms with Gasteiger partial charge < -0.3 is 68.7 Å². The van der Waals surface area contributed by atoms with Gasteiger partial charge in [0.2, 0.25) is 16.3 Å². The van der Waals surface area contributed by atoms with Gasteiger partial charge in [-0.3, -0.25) is 14.4 Å². The molecule has 3 unspecified atom stereocenters. The minimum Gasteiger partial charge on any atom is -0.492 e. The highest BCUT2D eigenvalue weighted by Crippen LogP contribution is 2.45. The van der Waals surface area contributed by atoms with Gasteiger partial charge in [-0.15, -0.1) is 0 Å². The van der Waals surface area contributed by atoms with Crippen LogP contribution in [-0.4, -0.2) is 151 Å². The van der Waals surface area contributed by atoms with Crippen molar-refractivity contribution < 1.29 is 56.7 Å². The first-order chi connectivity index (χ1) is 37.7. The number of piperidine rings is 1. The van der Waals surface area contributed by atoms with E-state index in [-0.39, 0.29) is 75.8 Å². The Morgan fingerprint density at radius 3 is 1.80 bits per heavy atom. The van der Waals surface area contributed by atoms with Gasteiger partial charge in [-0.2, -0.15) is 0 Å². The fourth-order valence-electron chi connectivity index (χ4n) is 11.1. The third-order valence-corrected chi connectivity index (χ3v) is 15.4. The number of nitrogens with one attached hydrogen (secondary N) is 2. The molecule has 0 spiro atoms. The number of nitrogens with zero attached hydrogens (tertiary/aromatic N) is 7. The maximum Gasteiger partial charge on any atom is 0.341 e. The lowest BCUT2D eigenvalue weighted by molar-refractivity contribution is 0.0683. The number of hydrogen-bond acceptors (Lipinski definition) is 14. The summed E-state index contributed by atoms with van der Waals surface area (Å²) in [6.07, 6.45) is 7.53. The van der Waals surface area contributed by atoms with Gasteiger partial charge in [-0.25, -0.2) is 31.9 Å². The van der Waals surface area contributed by atoms with Crippen LogP contribution in [0.5, 0.6) is 11.5 Å². The van der Waals surface area contributed by atoms with Gasteiger partial charge in [-0.05, 0) is 78.7 Å². The highest BCUT2D eigenvalue weighted by molar-refractivity contribution is 5.99. The zero-order valence-electron chi connectivity index (χ0n) is 44.6. The lowest BCUT2D eigenvalue weighted by atomic mass is 10.0. The Balaban J connectivity index is 0.000000144. The Morgan fingerprint density at radius 2 is 1.24 bits per heavy atom. The van der Waals surface area contributed by atoms with E-state index in [0.29, 0.717) is 79.7 Å². The molecule has 1 aliphatic carbocycles. The van der Waals surface area contributed by atoms with Gasteiger partial charge in [0.15, 0.2) is 29.0 Å². The van der Waals surface area contributed by atoms with Crippen LogP contribution in [0.2, 0.25) is 0 Å². The second-order valence-electron chi connectivity index (χ2n) is 20.7. The number of aryl methyl sites for hydroxylation is 1. The molecule has 3 atom stereocenters. The molecule has 0 amide bonds. The number of aromatic nitrogens is 3. The quantitative estimate of drug-likeness (QED) is 0.103. The minimum atomic E-state index is -1.42. The van der Waals surface area contributed by atoms with Gasteiger partial charge in [-0.1, -0.05) is 0 Å².